The molecule has 0 saturated heterocycles. The third-order valence-electron chi connectivity index (χ3n) is 6.19. The van der Waals surface area contributed by atoms with Gasteiger partial charge in [-0.3, -0.25) is 14.4 Å². The van der Waals surface area contributed by atoms with Crippen LogP contribution in [0.1, 0.15) is 58.4 Å². The van der Waals surface area contributed by atoms with Crippen LogP contribution in [0.2, 0.25) is 0 Å². The van der Waals surface area contributed by atoms with Gasteiger partial charge in [0.15, 0.2) is 17.3 Å². The fourth-order valence-electron chi connectivity index (χ4n) is 4.55. The Kier molecular flexibility index (Phi) is 7.48. The Hall–Kier alpha value is -3.79. The van der Waals surface area contributed by atoms with E-state index >= 15 is 0 Å². The highest BCUT2D eigenvalue weighted by molar-refractivity contribution is 6.18. The first-order chi connectivity index (χ1) is 16.6. The summed E-state index contributed by atoms with van der Waals surface area (Å²) in [5, 5.41) is 0. The molecule has 1 aliphatic carbocycles. The van der Waals surface area contributed by atoms with Gasteiger partial charge in [0.25, 0.3) is 0 Å². The monoisotopic (exact) mass is 452 g/mol. The second-order valence-electron chi connectivity index (χ2n) is 8.39. The standard InChI is InChI=1S/C30H28O4/c1-2-34-24-19-17-21(18-20-24)27(25-15-9-10-16-26(25)31)28(29(32)22-11-5-3-6-12-22)30(33)23-13-7-4-8-14-23/h3-8,11-15,17-20,27-28H,2,9-10,16H2,1H3. The summed E-state index contributed by atoms with van der Waals surface area (Å²) in [5.41, 5.74) is 2.21. The van der Waals surface area contributed by atoms with Crippen molar-refractivity contribution in [3.05, 3.63) is 113 Å². The van der Waals surface area contributed by atoms with Crippen molar-refractivity contribution in [1.29, 1.82) is 0 Å². The lowest BCUT2D eigenvalue weighted by molar-refractivity contribution is -0.116. The molecule has 0 amide bonds. The highest BCUT2D eigenvalue weighted by atomic mass is 16.5. The molecule has 4 rings (SSSR count). The van der Waals surface area contributed by atoms with Gasteiger partial charge in [0, 0.05) is 23.5 Å². The lowest BCUT2D eigenvalue weighted by atomic mass is 9.71. The number of carbonyl (C=O) groups excluding carboxylic acids is 3. The molecule has 0 bridgehead atoms. The molecule has 34 heavy (non-hydrogen) atoms. The van der Waals surface area contributed by atoms with Gasteiger partial charge in [-0.25, -0.2) is 0 Å². The third-order valence-corrected chi connectivity index (χ3v) is 6.19. The van der Waals surface area contributed by atoms with Crippen molar-refractivity contribution in [2.75, 3.05) is 6.61 Å². The van der Waals surface area contributed by atoms with Gasteiger partial charge in [0.05, 0.1) is 12.5 Å². The second-order valence-corrected chi connectivity index (χ2v) is 8.39. The first-order valence-corrected chi connectivity index (χ1v) is 11.7. The Morgan fingerprint density at radius 2 is 1.38 bits per heavy atom. The summed E-state index contributed by atoms with van der Waals surface area (Å²) in [5.74, 6) is -1.61. The second kappa shape index (κ2) is 10.9. The van der Waals surface area contributed by atoms with Gasteiger partial charge in [-0.2, -0.15) is 0 Å². The molecule has 0 spiro atoms. The zero-order valence-electron chi connectivity index (χ0n) is 19.3. The highest BCUT2D eigenvalue weighted by Gasteiger charge is 2.40. The number of rotatable bonds is 9. The van der Waals surface area contributed by atoms with E-state index in [1.807, 2.05) is 49.4 Å². The predicted octanol–water partition coefficient (Wildman–Crippen LogP) is 6.23. The van der Waals surface area contributed by atoms with Crippen molar-refractivity contribution in [2.45, 2.75) is 32.1 Å². The quantitative estimate of drug-likeness (QED) is 0.285. The summed E-state index contributed by atoms with van der Waals surface area (Å²) in [7, 11) is 0. The molecule has 3 aromatic carbocycles. The van der Waals surface area contributed by atoms with Gasteiger partial charge in [-0.05, 0) is 43.0 Å². The molecule has 1 unspecified atom stereocenters. The summed E-state index contributed by atoms with van der Waals surface area (Å²) in [6.07, 6.45) is 3.87. The van der Waals surface area contributed by atoms with Crippen molar-refractivity contribution in [3.8, 4) is 5.75 Å². The average molecular weight is 453 g/mol. The molecule has 4 nitrogen and oxygen atoms in total. The Bertz CT molecular complexity index is 1130. The summed E-state index contributed by atoms with van der Waals surface area (Å²) in [6, 6.07) is 25.1. The molecular weight excluding hydrogens is 424 g/mol. The number of benzene rings is 3. The Labute approximate surface area is 200 Å². The summed E-state index contributed by atoms with van der Waals surface area (Å²) >= 11 is 0. The van der Waals surface area contributed by atoms with Crippen LogP contribution in [0.5, 0.6) is 5.75 Å². The lowest BCUT2D eigenvalue weighted by Crippen LogP contribution is -2.34. The van der Waals surface area contributed by atoms with Gasteiger partial charge in [0.2, 0.25) is 0 Å². The van der Waals surface area contributed by atoms with Crippen LogP contribution in [0.4, 0.5) is 0 Å². The zero-order valence-corrected chi connectivity index (χ0v) is 19.3. The van der Waals surface area contributed by atoms with Crippen LogP contribution in [0.3, 0.4) is 0 Å². The molecule has 0 aliphatic heterocycles. The predicted molar refractivity (Wildman–Crippen MR) is 132 cm³/mol. The maximum absolute atomic E-state index is 13.9. The molecule has 0 heterocycles. The average Bonchev–Trinajstić information content (AvgIpc) is 2.89. The fourth-order valence-corrected chi connectivity index (χ4v) is 4.55. The fraction of sp³-hybridized carbons (Fsp3) is 0.233. The van der Waals surface area contributed by atoms with E-state index in [1.54, 1.807) is 48.5 Å². The molecule has 1 aliphatic rings. The van der Waals surface area contributed by atoms with Gasteiger partial charge < -0.3 is 4.74 Å². The third kappa shape index (κ3) is 5.07. The molecule has 0 N–H and O–H groups in total. The van der Waals surface area contributed by atoms with E-state index in [-0.39, 0.29) is 17.3 Å². The van der Waals surface area contributed by atoms with Crippen LogP contribution < -0.4 is 4.74 Å². The van der Waals surface area contributed by atoms with Gasteiger partial charge in [-0.15, -0.1) is 0 Å². The first-order valence-electron chi connectivity index (χ1n) is 11.7. The zero-order chi connectivity index (χ0) is 23.9. The molecular formula is C30H28O4. The van der Waals surface area contributed by atoms with Crippen LogP contribution in [0, 0.1) is 5.92 Å². The van der Waals surface area contributed by atoms with E-state index in [0.29, 0.717) is 35.5 Å². The molecule has 4 heteroatoms. The smallest absolute Gasteiger partial charge is 0.174 e. The largest absolute Gasteiger partial charge is 0.494 e. The van der Waals surface area contributed by atoms with E-state index in [4.69, 9.17) is 4.74 Å². The van der Waals surface area contributed by atoms with E-state index in [1.165, 1.54) is 0 Å². The van der Waals surface area contributed by atoms with Crippen LogP contribution >= 0.6 is 0 Å². The van der Waals surface area contributed by atoms with E-state index < -0.39 is 11.8 Å². The number of ketones is 3. The first kappa shape index (κ1) is 23.4. The maximum atomic E-state index is 13.9. The molecule has 0 radical (unpaired) electrons. The molecule has 0 aromatic heterocycles. The topological polar surface area (TPSA) is 60.4 Å². The number of hydrogen-bond donors (Lipinski definition) is 0. The Morgan fingerprint density at radius 3 is 1.88 bits per heavy atom. The minimum absolute atomic E-state index is 0.00291. The van der Waals surface area contributed by atoms with Crippen LogP contribution in [0.15, 0.2) is 96.6 Å². The van der Waals surface area contributed by atoms with E-state index in [0.717, 1.165) is 18.4 Å². The van der Waals surface area contributed by atoms with E-state index in [2.05, 4.69) is 0 Å². The van der Waals surface area contributed by atoms with Crippen molar-refractivity contribution >= 4 is 17.3 Å². The van der Waals surface area contributed by atoms with Crippen molar-refractivity contribution in [1.82, 2.24) is 0 Å². The number of allylic oxidation sites excluding steroid dienone is 2. The summed E-state index contributed by atoms with van der Waals surface area (Å²) in [4.78, 5) is 40.9. The van der Waals surface area contributed by atoms with Crippen LogP contribution in [0.25, 0.3) is 0 Å². The Balaban J connectivity index is 1.88. The highest BCUT2D eigenvalue weighted by Crippen LogP contribution is 2.39. The normalized spacial score (nSPS) is 14.4. The van der Waals surface area contributed by atoms with Gasteiger partial charge in [0.1, 0.15) is 5.75 Å². The van der Waals surface area contributed by atoms with Gasteiger partial charge >= 0.3 is 0 Å². The minimum Gasteiger partial charge on any atom is -0.494 e. The van der Waals surface area contributed by atoms with Crippen molar-refractivity contribution < 1.29 is 19.1 Å². The Morgan fingerprint density at radius 1 is 0.824 bits per heavy atom. The molecule has 3 aromatic rings. The SMILES string of the molecule is CCOc1ccc(C(C2=CCCCC2=O)C(C(=O)c2ccccc2)C(=O)c2ccccc2)cc1. The molecule has 0 saturated carbocycles. The van der Waals surface area contributed by atoms with Crippen molar-refractivity contribution in [3.63, 3.8) is 0 Å². The van der Waals surface area contributed by atoms with Crippen molar-refractivity contribution in [2.24, 2.45) is 5.92 Å². The number of ether oxygens (including phenoxy) is 1. The van der Waals surface area contributed by atoms with Crippen LogP contribution in [-0.4, -0.2) is 24.0 Å². The molecule has 1 atom stereocenters. The summed E-state index contributed by atoms with van der Waals surface area (Å²) < 4.78 is 5.59. The number of Topliss-reactive ketones (excluding diaryl/α,β-unsaturated/α-hetero) is 3. The number of hydrogen-bond acceptors (Lipinski definition) is 4. The summed E-state index contributed by atoms with van der Waals surface area (Å²) in [6.45, 7) is 2.45. The van der Waals surface area contributed by atoms with E-state index in [9.17, 15) is 14.4 Å². The van der Waals surface area contributed by atoms with Gasteiger partial charge in [-0.1, -0.05) is 78.9 Å². The molecule has 0 fully saturated rings. The molecule has 172 valence electrons. The lowest BCUT2D eigenvalue weighted by Gasteiger charge is -2.29. The minimum atomic E-state index is -1.06. The number of carbonyl (C=O) groups is 3. The van der Waals surface area contributed by atoms with Crippen LogP contribution in [-0.2, 0) is 4.79 Å². The maximum Gasteiger partial charge on any atom is 0.174 e.